The van der Waals surface area contributed by atoms with Gasteiger partial charge in [-0.05, 0) is 48.4 Å². The van der Waals surface area contributed by atoms with Crippen molar-refractivity contribution in [1.82, 2.24) is 5.32 Å². The number of benzene rings is 1. The molecule has 2 aromatic rings. The maximum absolute atomic E-state index is 12.1. The average Bonchev–Trinajstić information content (AvgIpc) is 3.22. The van der Waals surface area contributed by atoms with E-state index in [9.17, 15) is 4.79 Å². The first-order chi connectivity index (χ1) is 12.7. The van der Waals surface area contributed by atoms with Crippen molar-refractivity contribution in [3.8, 4) is 10.4 Å². The third kappa shape index (κ3) is 5.22. The number of thiophene rings is 1. The van der Waals surface area contributed by atoms with Crippen molar-refractivity contribution in [1.29, 1.82) is 0 Å². The molecule has 0 unspecified atom stereocenters. The Kier molecular flexibility index (Phi) is 6.94. The second kappa shape index (κ2) is 9.40. The van der Waals surface area contributed by atoms with Crippen LogP contribution in [0.15, 0.2) is 51.7 Å². The standard InChI is InChI=1S/C20H21ClN2OS2/c1-2-3-4-5-6-7-17-19(24)23-20(26-17)22-16-12-18(25-13-16)14-8-10-15(21)11-9-14/h7-13H,2-6H2,1H3,(H,22,23,24)/b17-7-. The van der Waals surface area contributed by atoms with Gasteiger partial charge in [-0.15, -0.1) is 11.3 Å². The summed E-state index contributed by atoms with van der Waals surface area (Å²) >= 11 is 8.99. The third-order valence-corrected chi connectivity index (χ3v) is 6.16. The zero-order valence-corrected chi connectivity index (χ0v) is 17.0. The smallest absolute Gasteiger partial charge is 0.263 e. The molecule has 0 spiro atoms. The van der Waals surface area contributed by atoms with E-state index in [1.807, 2.05) is 41.8 Å². The van der Waals surface area contributed by atoms with Crippen LogP contribution in [-0.2, 0) is 4.79 Å². The molecule has 3 nitrogen and oxygen atoms in total. The highest BCUT2D eigenvalue weighted by atomic mass is 35.5. The number of hydrogen-bond acceptors (Lipinski definition) is 4. The fourth-order valence-corrected chi connectivity index (χ4v) is 4.40. The van der Waals surface area contributed by atoms with E-state index in [4.69, 9.17) is 11.6 Å². The zero-order valence-electron chi connectivity index (χ0n) is 14.6. The number of aliphatic imine (C=N–C) groups is 1. The lowest BCUT2D eigenvalue weighted by Crippen LogP contribution is -2.19. The molecule has 0 aliphatic carbocycles. The number of amides is 1. The highest BCUT2D eigenvalue weighted by molar-refractivity contribution is 8.18. The molecule has 0 bridgehead atoms. The van der Waals surface area contributed by atoms with Crippen molar-refractivity contribution in [3.05, 3.63) is 51.7 Å². The molecule has 1 aromatic carbocycles. The van der Waals surface area contributed by atoms with E-state index < -0.39 is 0 Å². The minimum Gasteiger partial charge on any atom is -0.300 e. The average molecular weight is 405 g/mol. The van der Waals surface area contributed by atoms with Crippen LogP contribution in [0.25, 0.3) is 10.4 Å². The van der Waals surface area contributed by atoms with E-state index in [-0.39, 0.29) is 5.91 Å². The lowest BCUT2D eigenvalue weighted by atomic mass is 10.1. The molecule has 0 saturated carbocycles. The van der Waals surface area contributed by atoms with Gasteiger partial charge in [0.15, 0.2) is 5.17 Å². The van der Waals surface area contributed by atoms with E-state index in [2.05, 4.69) is 17.2 Å². The van der Waals surface area contributed by atoms with Crippen molar-refractivity contribution in [2.75, 3.05) is 0 Å². The topological polar surface area (TPSA) is 41.5 Å². The van der Waals surface area contributed by atoms with Crippen molar-refractivity contribution in [2.24, 2.45) is 4.99 Å². The number of carbonyl (C=O) groups is 1. The molecular formula is C20H21ClN2OS2. The lowest BCUT2D eigenvalue weighted by molar-refractivity contribution is -0.115. The van der Waals surface area contributed by atoms with Gasteiger partial charge in [0.25, 0.3) is 5.91 Å². The first-order valence-corrected chi connectivity index (χ1v) is 10.9. The van der Waals surface area contributed by atoms with Crippen LogP contribution in [0.3, 0.4) is 0 Å². The Morgan fingerprint density at radius 3 is 2.77 bits per heavy atom. The van der Waals surface area contributed by atoms with Gasteiger partial charge in [-0.1, -0.05) is 56.0 Å². The Labute approximate surface area is 167 Å². The molecule has 3 rings (SSSR count). The molecule has 1 aliphatic heterocycles. The minimum atomic E-state index is -0.0441. The molecule has 1 saturated heterocycles. The van der Waals surface area contributed by atoms with Gasteiger partial charge in [0.1, 0.15) is 0 Å². The zero-order chi connectivity index (χ0) is 18.4. The first-order valence-electron chi connectivity index (χ1n) is 8.78. The summed E-state index contributed by atoms with van der Waals surface area (Å²) in [4.78, 5) is 18.5. The Bertz CT molecular complexity index is 825. The molecule has 26 heavy (non-hydrogen) atoms. The number of thioether (sulfide) groups is 1. The number of unbranched alkanes of at least 4 members (excludes halogenated alkanes) is 4. The number of allylic oxidation sites excluding steroid dienone is 1. The molecule has 0 atom stereocenters. The fourth-order valence-electron chi connectivity index (χ4n) is 2.59. The Balaban J connectivity index is 1.63. The van der Waals surface area contributed by atoms with Crippen LogP contribution >= 0.6 is 34.7 Å². The number of nitrogens with zero attached hydrogens (tertiary/aromatic N) is 1. The predicted molar refractivity (Wildman–Crippen MR) is 114 cm³/mol. The van der Waals surface area contributed by atoms with E-state index in [0.717, 1.165) is 38.9 Å². The lowest BCUT2D eigenvalue weighted by Gasteiger charge is -1.96. The van der Waals surface area contributed by atoms with Crippen LogP contribution < -0.4 is 5.32 Å². The van der Waals surface area contributed by atoms with Crippen molar-refractivity contribution >= 4 is 51.5 Å². The van der Waals surface area contributed by atoms with Gasteiger partial charge in [0.05, 0.1) is 10.6 Å². The molecule has 1 aromatic heterocycles. The minimum absolute atomic E-state index is 0.0441. The molecular weight excluding hydrogens is 384 g/mol. The number of halogens is 1. The normalized spacial score (nSPS) is 17.2. The largest absolute Gasteiger partial charge is 0.300 e. The number of rotatable bonds is 7. The Morgan fingerprint density at radius 1 is 1.19 bits per heavy atom. The predicted octanol–water partition coefficient (Wildman–Crippen LogP) is 6.77. The third-order valence-electron chi connectivity index (χ3n) is 3.98. The van der Waals surface area contributed by atoms with Crippen LogP contribution in [0.4, 0.5) is 5.69 Å². The van der Waals surface area contributed by atoms with Gasteiger partial charge >= 0.3 is 0 Å². The second-order valence-electron chi connectivity index (χ2n) is 6.07. The van der Waals surface area contributed by atoms with Gasteiger partial charge in [-0.3, -0.25) is 4.79 Å². The molecule has 6 heteroatoms. The monoisotopic (exact) mass is 404 g/mol. The number of amidine groups is 1. The SMILES string of the molecule is CCCCCC/C=C1\SC(=Nc2csc(-c3ccc(Cl)cc3)c2)NC1=O. The number of hydrogen-bond donors (Lipinski definition) is 1. The van der Waals surface area contributed by atoms with Gasteiger partial charge in [-0.2, -0.15) is 0 Å². The highest BCUT2D eigenvalue weighted by Crippen LogP contribution is 2.34. The summed E-state index contributed by atoms with van der Waals surface area (Å²) in [6.07, 6.45) is 7.81. The van der Waals surface area contributed by atoms with Crippen LogP contribution in [0, 0.1) is 0 Å². The molecule has 1 fully saturated rings. The fraction of sp³-hybridized carbons (Fsp3) is 0.300. The molecule has 1 aliphatic rings. The Hall–Kier alpha value is -1.56. The summed E-state index contributed by atoms with van der Waals surface area (Å²) in [5.74, 6) is -0.0441. The summed E-state index contributed by atoms with van der Waals surface area (Å²) in [5, 5.41) is 6.23. The Morgan fingerprint density at radius 2 is 2.00 bits per heavy atom. The van der Waals surface area contributed by atoms with Crippen LogP contribution in [-0.4, -0.2) is 11.1 Å². The van der Waals surface area contributed by atoms with Gasteiger partial charge in [0.2, 0.25) is 0 Å². The van der Waals surface area contributed by atoms with Gasteiger partial charge in [0, 0.05) is 15.3 Å². The molecule has 2 heterocycles. The summed E-state index contributed by atoms with van der Waals surface area (Å²) in [5.41, 5.74) is 1.97. The summed E-state index contributed by atoms with van der Waals surface area (Å²) < 4.78 is 0. The quantitative estimate of drug-likeness (QED) is 0.408. The maximum atomic E-state index is 12.1. The van der Waals surface area contributed by atoms with Gasteiger partial charge in [-0.25, -0.2) is 4.99 Å². The second-order valence-corrected chi connectivity index (χ2v) is 8.45. The van der Waals surface area contributed by atoms with Gasteiger partial charge < -0.3 is 5.32 Å². The summed E-state index contributed by atoms with van der Waals surface area (Å²) in [6.45, 7) is 2.20. The maximum Gasteiger partial charge on any atom is 0.263 e. The summed E-state index contributed by atoms with van der Waals surface area (Å²) in [7, 11) is 0. The van der Waals surface area contributed by atoms with E-state index in [0.29, 0.717) is 5.17 Å². The molecule has 1 N–H and O–H groups in total. The molecule has 0 radical (unpaired) electrons. The van der Waals surface area contributed by atoms with Crippen molar-refractivity contribution in [3.63, 3.8) is 0 Å². The van der Waals surface area contributed by atoms with Crippen molar-refractivity contribution in [2.45, 2.75) is 39.0 Å². The first kappa shape index (κ1) is 19.2. The van der Waals surface area contributed by atoms with Crippen LogP contribution in [0.2, 0.25) is 5.02 Å². The number of carbonyl (C=O) groups excluding carboxylic acids is 1. The van der Waals surface area contributed by atoms with E-state index >= 15 is 0 Å². The van der Waals surface area contributed by atoms with Crippen molar-refractivity contribution < 1.29 is 4.79 Å². The highest BCUT2D eigenvalue weighted by Gasteiger charge is 2.23. The van der Waals surface area contributed by atoms with E-state index in [1.165, 1.54) is 31.0 Å². The van der Waals surface area contributed by atoms with E-state index in [1.54, 1.807) is 11.3 Å². The summed E-state index contributed by atoms with van der Waals surface area (Å²) in [6, 6.07) is 9.78. The van der Waals surface area contributed by atoms with Crippen LogP contribution in [0.1, 0.15) is 39.0 Å². The van der Waals surface area contributed by atoms with Crippen LogP contribution in [0.5, 0.6) is 0 Å². The molecule has 136 valence electrons. The number of nitrogens with one attached hydrogen (secondary N) is 1. The molecule has 1 amide bonds.